The van der Waals surface area contributed by atoms with Crippen LogP contribution in [0, 0.1) is 11.3 Å². The summed E-state index contributed by atoms with van der Waals surface area (Å²) in [6.07, 6.45) is 10.00. The van der Waals surface area contributed by atoms with Gasteiger partial charge < -0.3 is 9.80 Å². The van der Waals surface area contributed by atoms with Gasteiger partial charge in [-0.15, -0.1) is 0 Å². The van der Waals surface area contributed by atoms with Crippen LogP contribution in [0.3, 0.4) is 0 Å². The third-order valence-electron chi connectivity index (χ3n) is 6.10. The zero-order valence-corrected chi connectivity index (χ0v) is 15.9. The van der Waals surface area contributed by atoms with Crippen LogP contribution in [0.15, 0.2) is 23.6 Å². The molecule has 1 atom stereocenters. The fraction of sp³-hybridized carbons (Fsp3) is 0.684. The highest BCUT2D eigenvalue weighted by Crippen LogP contribution is 2.41. The van der Waals surface area contributed by atoms with Crippen molar-refractivity contribution in [3.8, 4) is 0 Å². The number of thioether (sulfide) groups is 1. The Balaban J connectivity index is 1.34. The van der Waals surface area contributed by atoms with E-state index in [1.165, 1.54) is 31.0 Å². The standard InChI is InChI=1S/C19H26N4O2S/c24-16(13-26-18-20-8-3-9-21-18)23-11-7-19(14-23)6-2-10-22(17(19)25)12-15-4-1-5-15/h3,8-9,15H,1-2,4-7,10-14H2/t19-/m0/s1. The van der Waals surface area contributed by atoms with Crippen LogP contribution < -0.4 is 0 Å². The third-order valence-corrected chi connectivity index (χ3v) is 6.96. The van der Waals surface area contributed by atoms with Gasteiger partial charge in [0.1, 0.15) is 0 Å². The van der Waals surface area contributed by atoms with Gasteiger partial charge in [-0.3, -0.25) is 9.59 Å². The SMILES string of the molecule is O=C(CSc1ncccn1)N1CC[C@@]2(CCCN(CC3CCC3)C2=O)C1. The van der Waals surface area contributed by atoms with Crippen molar-refractivity contribution in [2.75, 3.05) is 31.9 Å². The Bertz CT molecular complexity index is 667. The van der Waals surface area contributed by atoms with E-state index in [0.717, 1.165) is 32.4 Å². The molecule has 0 unspecified atom stereocenters. The summed E-state index contributed by atoms with van der Waals surface area (Å²) in [6.45, 7) is 3.10. The number of hydrogen-bond donors (Lipinski definition) is 0. The van der Waals surface area contributed by atoms with Crippen LogP contribution >= 0.6 is 11.8 Å². The lowest BCUT2D eigenvalue weighted by Gasteiger charge is -2.42. The molecule has 0 radical (unpaired) electrons. The molecule has 3 heterocycles. The predicted molar refractivity (Wildman–Crippen MR) is 99.5 cm³/mol. The molecule has 3 aliphatic rings. The highest BCUT2D eigenvalue weighted by atomic mass is 32.2. The number of hydrogen-bond acceptors (Lipinski definition) is 5. The molecule has 0 bridgehead atoms. The van der Waals surface area contributed by atoms with Gasteiger partial charge >= 0.3 is 0 Å². The van der Waals surface area contributed by atoms with Crippen molar-refractivity contribution in [1.29, 1.82) is 0 Å². The molecule has 1 aromatic heterocycles. The smallest absolute Gasteiger partial charge is 0.233 e. The molecule has 2 amide bonds. The average molecular weight is 375 g/mol. The largest absolute Gasteiger partial charge is 0.342 e. The minimum Gasteiger partial charge on any atom is -0.342 e. The highest BCUT2D eigenvalue weighted by Gasteiger charge is 2.49. The molecule has 1 aliphatic carbocycles. The third kappa shape index (κ3) is 3.59. The molecule has 1 aromatic rings. The Morgan fingerprint density at radius 1 is 1.19 bits per heavy atom. The average Bonchev–Trinajstić information content (AvgIpc) is 3.06. The minimum absolute atomic E-state index is 0.0863. The molecule has 6 nitrogen and oxygen atoms in total. The first kappa shape index (κ1) is 17.8. The van der Waals surface area contributed by atoms with Gasteiger partial charge in [0.15, 0.2) is 5.16 Å². The first-order valence-electron chi connectivity index (χ1n) is 9.63. The van der Waals surface area contributed by atoms with Crippen molar-refractivity contribution in [2.45, 2.75) is 43.7 Å². The molecular formula is C19H26N4O2S. The molecule has 26 heavy (non-hydrogen) atoms. The van der Waals surface area contributed by atoms with Crippen LogP contribution in [-0.2, 0) is 9.59 Å². The number of piperidine rings is 1. The van der Waals surface area contributed by atoms with Gasteiger partial charge in [-0.05, 0) is 44.1 Å². The quantitative estimate of drug-likeness (QED) is 0.584. The van der Waals surface area contributed by atoms with E-state index in [1.54, 1.807) is 18.5 Å². The van der Waals surface area contributed by atoms with Gasteiger partial charge in [0.05, 0.1) is 11.2 Å². The molecular weight excluding hydrogens is 348 g/mol. The second-order valence-corrected chi connectivity index (χ2v) is 8.76. The van der Waals surface area contributed by atoms with Gasteiger partial charge in [0.25, 0.3) is 0 Å². The van der Waals surface area contributed by atoms with Crippen LogP contribution in [0.25, 0.3) is 0 Å². The Kier molecular flexibility index (Phi) is 5.16. The van der Waals surface area contributed by atoms with Crippen molar-refractivity contribution < 1.29 is 9.59 Å². The Morgan fingerprint density at radius 2 is 2.00 bits per heavy atom. The van der Waals surface area contributed by atoms with Crippen molar-refractivity contribution in [1.82, 2.24) is 19.8 Å². The van der Waals surface area contributed by atoms with Crippen molar-refractivity contribution >= 4 is 23.6 Å². The van der Waals surface area contributed by atoms with E-state index in [-0.39, 0.29) is 11.3 Å². The first-order chi connectivity index (χ1) is 12.7. The van der Waals surface area contributed by atoms with Crippen LogP contribution in [-0.4, -0.2) is 63.5 Å². The monoisotopic (exact) mass is 374 g/mol. The first-order valence-corrected chi connectivity index (χ1v) is 10.6. The second-order valence-electron chi connectivity index (χ2n) is 7.82. The highest BCUT2D eigenvalue weighted by molar-refractivity contribution is 7.99. The maximum absolute atomic E-state index is 13.1. The van der Waals surface area contributed by atoms with Crippen LogP contribution in [0.1, 0.15) is 38.5 Å². The number of carbonyl (C=O) groups excluding carboxylic acids is 2. The van der Waals surface area contributed by atoms with E-state index in [4.69, 9.17) is 0 Å². The van der Waals surface area contributed by atoms with Gasteiger partial charge in [-0.2, -0.15) is 0 Å². The van der Waals surface area contributed by atoms with Gasteiger partial charge in [-0.25, -0.2) is 9.97 Å². The summed E-state index contributed by atoms with van der Waals surface area (Å²) in [5.74, 6) is 1.42. The Hall–Kier alpha value is -1.63. The second kappa shape index (κ2) is 7.55. The fourth-order valence-electron chi connectivity index (χ4n) is 4.35. The molecule has 7 heteroatoms. The predicted octanol–water partition coefficient (Wildman–Crippen LogP) is 2.21. The van der Waals surface area contributed by atoms with Crippen LogP contribution in [0.5, 0.6) is 0 Å². The Labute approximate surface area is 158 Å². The molecule has 1 spiro atoms. The molecule has 0 N–H and O–H groups in total. The molecule has 4 rings (SSSR count). The molecule has 0 aromatic carbocycles. The van der Waals surface area contributed by atoms with E-state index < -0.39 is 0 Å². The summed E-state index contributed by atoms with van der Waals surface area (Å²) < 4.78 is 0. The lowest BCUT2D eigenvalue weighted by Crippen LogP contribution is -2.52. The Morgan fingerprint density at radius 3 is 2.73 bits per heavy atom. The molecule has 2 saturated heterocycles. The van der Waals surface area contributed by atoms with Gasteiger partial charge in [0.2, 0.25) is 11.8 Å². The molecule has 1 saturated carbocycles. The van der Waals surface area contributed by atoms with E-state index in [9.17, 15) is 9.59 Å². The zero-order chi connectivity index (χ0) is 18.0. The zero-order valence-electron chi connectivity index (χ0n) is 15.1. The summed E-state index contributed by atoms with van der Waals surface area (Å²) in [7, 11) is 0. The number of amides is 2. The van der Waals surface area contributed by atoms with E-state index in [1.807, 2.05) is 4.90 Å². The summed E-state index contributed by atoms with van der Waals surface area (Å²) >= 11 is 1.36. The number of likely N-dealkylation sites (tertiary alicyclic amines) is 2. The van der Waals surface area contributed by atoms with E-state index >= 15 is 0 Å². The van der Waals surface area contributed by atoms with Crippen LogP contribution in [0.4, 0.5) is 0 Å². The summed E-state index contributed by atoms with van der Waals surface area (Å²) in [5.41, 5.74) is -0.328. The molecule has 2 aliphatic heterocycles. The topological polar surface area (TPSA) is 66.4 Å². The minimum atomic E-state index is -0.328. The summed E-state index contributed by atoms with van der Waals surface area (Å²) in [6, 6.07) is 1.76. The van der Waals surface area contributed by atoms with Crippen molar-refractivity contribution in [3.63, 3.8) is 0 Å². The fourth-order valence-corrected chi connectivity index (χ4v) is 5.06. The summed E-state index contributed by atoms with van der Waals surface area (Å²) in [4.78, 5) is 38.0. The lowest BCUT2D eigenvalue weighted by atomic mass is 9.77. The van der Waals surface area contributed by atoms with Crippen molar-refractivity contribution in [2.24, 2.45) is 11.3 Å². The van der Waals surface area contributed by atoms with Gasteiger partial charge in [0, 0.05) is 38.6 Å². The maximum atomic E-state index is 13.1. The molecule has 140 valence electrons. The normalized spacial score (nSPS) is 26.4. The molecule has 3 fully saturated rings. The number of aromatic nitrogens is 2. The van der Waals surface area contributed by atoms with Crippen molar-refractivity contribution in [3.05, 3.63) is 18.5 Å². The van der Waals surface area contributed by atoms with E-state index in [2.05, 4.69) is 14.9 Å². The van der Waals surface area contributed by atoms with E-state index in [0.29, 0.717) is 35.8 Å². The van der Waals surface area contributed by atoms with Gasteiger partial charge in [-0.1, -0.05) is 18.2 Å². The number of nitrogens with zero attached hydrogens (tertiary/aromatic N) is 4. The maximum Gasteiger partial charge on any atom is 0.233 e. The number of rotatable bonds is 5. The van der Waals surface area contributed by atoms with Crippen LogP contribution in [0.2, 0.25) is 0 Å². The summed E-state index contributed by atoms with van der Waals surface area (Å²) in [5, 5.41) is 0.621. The lowest BCUT2D eigenvalue weighted by molar-refractivity contribution is -0.147. The number of carbonyl (C=O) groups is 2.